The molecule has 18 heavy (non-hydrogen) atoms. The fraction of sp³-hybridized carbons (Fsp3) is 0.222. The van der Waals surface area contributed by atoms with Crippen LogP contribution in [0.15, 0.2) is 18.6 Å². The molecule has 96 valence electrons. The average molecular weight is 297 g/mol. The first kappa shape index (κ1) is 13.1. The molecular weight excluding hydrogens is 292 g/mol. The van der Waals surface area contributed by atoms with E-state index in [1.165, 1.54) is 18.6 Å². The quantitative estimate of drug-likeness (QED) is 0.631. The van der Waals surface area contributed by atoms with Gasteiger partial charge in [-0.15, -0.1) is 0 Å². The van der Waals surface area contributed by atoms with E-state index >= 15 is 0 Å². The number of halogens is 5. The summed E-state index contributed by atoms with van der Waals surface area (Å²) in [5.41, 5.74) is 0.760. The summed E-state index contributed by atoms with van der Waals surface area (Å²) < 4.78 is 37.2. The largest absolute Gasteiger partial charge is 0.408 e. The van der Waals surface area contributed by atoms with Crippen molar-refractivity contribution in [2.45, 2.75) is 12.7 Å². The molecule has 0 saturated heterocycles. The van der Waals surface area contributed by atoms with Gasteiger partial charge in [0.1, 0.15) is 11.7 Å². The summed E-state index contributed by atoms with van der Waals surface area (Å²) in [6.07, 6.45) is -0.535. The van der Waals surface area contributed by atoms with Crippen LogP contribution in [0, 0.1) is 0 Å². The van der Waals surface area contributed by atoms with E-state index in [1.807, 2.05) is 0 Å². The Labute approximate surface area is 109 Å². The van der Waals surface area contributed by atoms with Crippen molar-refractivity contribution < 1.29 is 13.2 Å². The maximum absolute atomic E-state index is 12.2. The van der Waals surface area contributed by atoms with Crippen molar-refractivity contribution in [1.29, 1.82) is 0 Å². The fourth-order valence-electron chi connectivity index (χ4n) is 1.31. The Balaban J connectivity index is 2.29. The number of nitrogens with zero attached hydrogens (tertiary/aromatic N) is 4. The Morgan fingerprint density at radius 1 is 1.22 bits per heavy atom. The van der Waals surface area contributed by atoms with Gasteiger partial charge in [0.25, 0.3) is 0 Å². The third kappa shape index (κ3) is 3.11. The molecule has 0 N–H and O–H groups in total. The van der Waals surface area contributed by atoms with Crippen LogP contribution in [0.5, 0.6) is 0 Å². The van der Waals surface area contributed by atoms with Crippen LogP contribution in [0.2, 0.25) is 10.4 Å². The summed E-state index contributed by atoms with van der Waals surface area (Å²) >= 11 is 11.3. The molecule has 2 aromatic heterocycles. The van der Waals surface area contributed by atoms with Gasteiger partial charge in [0.2, 0.25) is 5.28 Å². The Morgan fingerprint density at radius 3 is 2.56 bits per heavy atom. The molecule has 2 rings (SSSR count). The van der Waals surface area contributed by atoms with Gasteiger partial charge in [-0.25, -0.2) is 9.97 Å². The van der Waals surface area contributed by atoms with Crippen molar-refractivity contribution in [2.75, 3.05) is 0 Å². The van der Waals surface area contributed by atoms with E-state index in [1.54, 1.807) is 0 Å². The van der Waals surface area contributed by atoms with Gasteiger partial charge in [0.15, 0.2) is 0 Å². The van der Waals surface area contributed by atoms with Crippen LogP contribution >= 0.6 is 23.2 Å². The second-order valence-corrected chi connectivity index (χ2v) is 4.08. The molecule has 0 atom stereocenters. The van der Waals surface area contributed by atoms with Crippen LogP contribution in [-0.2, 0) is 6.54 Å². The van der Waals surface area contributed by atoms with Gasteiger partial charge in [-0.1, -0.05) is 11.6 Å². The van der Waals surface area contributed by atoms with Gasteiger partial charge in [0, 0.05) is 23.5 Å². The van der Waals surface area contributed by atoms with Gasteiger partial charge in [-0.05, 0) is 11.6 Å². The third-order valence-corrected chi connectivity index (χ3v) is 2.47. The lowest BCUT2D eigenvalue weighted by Crippen LogP contribution is -2.17. The predicted octanol–water partition coefficient (Wildman–Crippen LogP) is 3.21. The van der Waals surface area contributed by atoms with Gasteiger partial charge in [0.05, 0.1) is 6.20 Å². The van der Waals surface area contributed by atoms with Crippen LogP contribution in [0.25, 0.3) is 11.1 Å². The van der Waals surface area contributed by atoms with Gasteiger partial charge < -0.3 is 0 Å². The molecule has 9 heteroatoms. The van der Waals surface area contributed by atoms with Crippen molar-refractivity contribution >= 4 is 23.2 Å². The highest BCUT2D eigenvalue weighted by molar-refractivity contribution is 6.33. The highest BCUT2D eigenvalue weighted by atomic mass is 35.5. The van der Waals surface area contributed by atoms with Crippen LogP contribution in [-0.4, -0.2) is 25.9 Å². The topological polar surface area (TPSA) is 43.6 Å². The molecule has 0 fully saturated rings. The number of hydrogen-bond donors (Lipinski definition) is 0. The minimum atomic E-state index is -4.33. The molecule has 0 aliphatic rings. The van der Waals surface area contributed by atoms with E-state index in [4.69, 9.17) is 23.2 Å². The maximum Gasteiger partial charge on any atom is 0.408 e. The third-order valence-electron chi connectivity index (χ3n) is 2.00. The average Bonchev–Trinajstić information content (AvgIpc) is 2.63. The number of aromatic nitrogens is 4. The molecule has 0 amide bonds. The molecule has 0 aliphatic carbocycles. The highest BCUT2D eigenvalue weighted by Gasteiger charge is 2.28. The second kappa shape index (κ2) is 4.74. The Hall–Kier alpha value is -1.34. The lowest BCUT2D eigenvalue weighted by molar-refractivity contribution is -0.142. The standard InChI is InChI=1S/C9H5Cl2F3N4/c10-7-6(2-15-8(11)17-7)5-1-16-18(3-5)4-9(12,13)14/h1-3H,4H2. The molecule has 4 nitrogen and oxygen atoms in total. The zero-order valence-electron chi connectivity index (χ0n) is 8.62. The Bertz CT molecular complexity index is 567. The molecule has 0 aromatic carbocycles. The normalized spacial score (nSPS) is 11.8. The van der Waals surface area contributed by atoms with Gasteiger partial charge >= 0.3 is 6.18 Å². The van der Waals surface area contributed by atoms with E-state index in [9.17, 15) is 13.2 Å². The predicted molar refractivity (Wildman–Crippen MR) is 59.3 cm³/mol. The number of hydrogen-bond acceptors (Lipinski definition) is 3. The van der Waals surface area contributed by atoms with Crippen molar-refractivity contribution in [3.05, 3.63) is 29.0 Å². The summed E-state index contributed by atoms with van der Waals surface area (Å²) in [4.78, 5) is 7.41. The summed E-state index contributed by atoms with van der Waals surface area (Å²) in [6.45, 7) is -1.17. The lowest BCUT2D eigenvalue weighted by Gasteiger charge is -2.05. The first-order chi connectivity index (χ1) is 8.35. The smallest absolute Gasteiger partial charge is 0.263 e. The number of alkyl halides is 3. The van der Waals surface area contributed by atoms with E-state index in [0.29, 0.717) is 11.1 Å². The van der Waals surface area contributed by atoms with Crippen LogP contribution in [0.3, 0.4) is 0 Å². The second-order valence-electron chi connectivity index (χ2n) is 3.39. The first-order valence-electron chi connectivity index (χ1n) is 4.63. The Morgan fingerprint density at radius 2 is 1.94 bits per heavy atom. The van der Waals surface area contributed by atoms with Crippen molar-refractivity contribution in [3.63, 3.8) is 0 Å². The van der Waals surface area contributed by atoms with E-state index in [0.717, 1.165) is 4.68 Å². The van der Waals surface area contributed by atoms with Crippen LogP contribution < -0.4 is 0 Å². The molecule has 0 bridgehead atoms. The molecule has 0 spiro atoms. The SMILES string of the molecule is FC(F)(F)Cn1cc(-c2cnc(Cl)nc2Cl)cn1. The van der Waals surface area contributed by atoms with Crippen molar-refractivity contribution in [3.8, 4) is 11.1 Å². The summed E-state index contributed by atoms with van der Waals surface area (Å²) in [6, 6.07) is 0. The Kier molecular flexibility index (Phi) is 3.45. The number of rotatable bonds is 2. The summed E-state index contributed by atoms with van der Waals surface area (Å²) in [5, 5.41) is 3.61. The molecule has 2 aromatic rings. The van der Waals surface area contributed by atoms with Crippen molar-refractivity contribution in [1.82, 2.24) is 19.7 Å². The minimum Gasteiger partial charge on any atom is -0.263 e. The summed E-state index contributed by atoms with van der Waals surface area (Å²) in [5.74, 6) is 0. The monoisotopic (exact) mass is 296 g/mol. The van der Waals surface area contributed by atoms with Crippen molar-refractivity contribution in [2.24, 2.45) is 0 Å². The van der Waals surface area contributed by atoms with Gasteiger partial charge in [-0.3, -0.25) is 4.68 Å². The highest BCUT2D eigenvalue weighted by Crippen LogP contribution is 2.26. The van der Waals surface area contributed by atoms with E-state index < -0.39 is 12.7 Å². The fourth-order valence-corrected chi connectivity index (χ4v) is 1.72. The van der Waals surface area contributed by atoms with Crippen LogP contribution in [0.4, 0.5) is 13.2 Å². The molecule has 0 saturated carbocycles. The molecular formula is C9H5Cl2F3N4. The zero-order chi connectivity index (χ0) is 13.3. The van der Waals surface area contributed by atoms with E-state index in [-0.39, 0.29) is 10.4 Å². The molecule has 2 heterocycles. The zero-order valence-corrected chi connectivity index (χ0v) is 10.1. The van der Waals surface area contributed by atoms with E-state index in [2.05, 4.69) is 15.1 Å². The molecule has 0 radical (unpaired) electrons. The van der Waals surface area contributed by atoms with Crippen LogP contribution in [0.1, 0.15) is 0 Å². The lowest BCUT2D eigenvalue weighted by atomic mass is 10.2. The summed E-state index contributed by atoms with van der Waals surface area (Å²) in [7, 11) is 0. The maximum atomic E-state index is 12.2. The van der Waals surface area contributed by atoms with Gasteiger partial charge in [-0.2, -0.15) is 18.3 Å². The molecule has 0 aliphatic heterocycles. The minimum absolute atomic E-state index is 0.0357. The molecule has 0 unspecified atom stereocenters. The first-order valence-corrected chi connectivity index (χ1v) is 5.38.